The molecule has 1 saturated heterocycles. The number of hydrogen-bond donors (Lipinski definition) is 2. The summed E-state index contributed by atoms with van der Waals surface area (Å²) in [7, 11) is 0. The normalized spacial score (nSPS) is 20.7. The lowest BCUT2D eigenvalue weighted by molar-refractivity contribution is 0.128. The molecule has 2 heterocycles. The van der Waals surface area contributed by atoms with Crippen molar-refractivity contribution >= 4 is 6.09 Å². The number of ether oxygens (including phenoxy) is 1. The fourth-order valence-corrected chi connectivity index (χ4v) is 1.43. The minimum absolute atomic E-state index is 0.192. The first-order chi connectivity index (χ1) is 7.45. The van der Waals surface area contributed by atoms with Gasteiger partial charge in [0.15, 0.2) is 0 Å². The van der Waals surface area contributed by atoms with Gasteiger partial charge in [-0.05, 0) is 13.8 Å². The summed E-state index contributed by atoms with van der Waals surface area (Å²) in [5, 5.41) is 10.5. The third kappa shape index (κ3) is 2.30. The van der Waals surface area contributed by atoms with Gasteiger partial charge in [0.2, 0.25) is 0 Å². The largest absolute Gasteiger partial charge is 0.442 e. The molecule has 2 rings (SSSR count). The summed E-state index contributed by atoms with van der Waals surface area (Å²) >= 11 is 0. The predicted octanol–water partition coefficient (Wildman–Crippen LogP) is -0.420. The smallest absolute Gasteiger partial charge is 0.407 e. The number of nitrogens with one attached hydrogen (secondary N) is 1. The van der Waals surface area contributed by atoms with E-state index in [2.05, 4.69) is 15.6 Å². The van der Waals surface area contributed by atoms with Gasteiger partial charge in [0.05, 0.1) is 24.8 Å². The Labute approximate surface area is 92.9 Å². The Bertz CT molecular complexity index is 395. The zero-order valence-corrected chi connectivity index (χ0v) is 9.30. The van der Waals surface area contributed by atoms with Gasteiger partial charge in [-0.1, -0.05) is 5.21 Å². The summed E-state index contributed by atoms with van der Waals surface area (Å²) in [6, 6.07) is 0. The number of nitrogens with two attached hydrogens (primary N) is 1. The molecule has 3 N–H and O–H groups in total. The topological polar surface area (TPSA) is 95.1 Å². The number of aromatic nitrogens is 3. The molecule has 0 aliphatic carbocycles. The predicted molar refractivity (Wildman–Crippen MR) is 55.5 cm³/mol. The average Bonchev–Trinajstić information content (AvgIpc) is 2.74. The molecule has 1 aromatic heterocycles. The summed E-state index contributed by atoms with van der Waals surface area (Å²) in [5.74, 6) is 0. The van der Waals surface area contributed by atoms with Crippen molar-refractivity contribution in [3.63, 3.8) is 0 Å². The van der Waals surface area contributed by atoms with Crippen LogP contribution in [-0.2, 0) is 16.8 Å². The Morgan fingerprint density at radius 2 is 2.50 bits per heavy atom. The number of alkyl carbamates (subject to hydrolysis) is 1. The highest BCUT2D eigenvalue weighted by Crippen LogP contribution is 2.13. The molecule has 0 radical (unpaired) electrons. The Morgan fingerprint density at radius 1 is 1.75 bits per heavy atom. The van der Waals surface area contributed by atoms with E-state index in [-0.39, 0.29) is 12.2 Å². The molecule has 1 aliphatic rings. The SMILES string of the molecule is CC(C)(N)c1cn(CC2CNC(=O)O2)nn1. The number of amides is 1. The van der Waals surface area contributed by atoms with Crippen LogP contribution < -0.4 is 11.1 Å². The molecule has 1 atom stereocenters. The molecule has 1 aliphatic heterocycles. The number of hydrogen-bond acceptors (Lipinski definition) is 5. The highest BCUT2D eigenvalue weighted by atomic mass is 16.6. The number of carbonyl (C=O) groups excluding carboxylic acids is 1. The maximum atomic E-state index is 10.8. The van der Waals surface area contributed by atoms with Crippen LogP contribution in [0, 0.1) is 0 Å². The lowest BCUT2D eigenvalue weighted by atomic mass is 10.0. The van der Waals surface area contributed by atoms with Crippen molar-refractivity contribution in [2.45, 2.75) is 32.0 Å². The number of cyclic esters (lactones) is 1. The maximum Gasteiger partial charge on any atom is 0.407 e. The lowest BCUT2D eigenvalue weighted by Gasteiger charge is -2.13. The van der Waals surface area contributed by atoms with E-state index in [0.29, 0.717) is 18.8 Å². The molecule has 1 aromatic rings. The minimum Gasteiger partial charge on any atom is -0.442 e. The molecule has 16 heavy (non-hydrogen) atoms. The van der Waals surface area contributed by atoms with E-state index < -0.39 is 5.54 Å². The van der Waals surface area contributed by atoms with Crippen LogP contribution in [-0.4, -0.2) is 33.7 Å². The second kappa shape index (κ2) is 3.75. The molecule has 1 amide bonds. The molecule has 0 bridgehead atoms. The Kier molecular flexibility index (Phi) is 2.55. The van der Waals surface area contributed by atoms with Crippen molar-refractivity contribution in [1.29, 1.82) is 0 Å². The molecule has 1 fully saturated rings. The Balaban J connectivity index is 2.00. The second-order valence-electron chi connectivity index (χ2n) is 4.46. The minimum atomic E-state index is -0.511. The van der Waals surface area contributed by atoms with Gasteiger partial charge in [-0.25, -0.2) is 9.48 Å². The van der Waals surface area contributed by atoms with Crippen molar-refractivity contribution in [3.05, 3.63) is 11.9 Å². The average molecular weight is 225 g/mol. The molecule has 7 heteroatoms. The van der Waals surface area contributed by atoms with Crippen molar-refractivity contribution in [2.75, 3.05) is 6.54 Å². The van der Waals surface area contributed by atoms with Gasteiger partial charge < -0.3 is 15.8 Å². The van der Waals surface area contributed by atoms with Crippen LogP contribution in [0.4, 0.5) is 4.79 Å². The van der Waals surface area contributed by atoms with E-state index >= 15 is 0 Å². The van der Waals surface area contributed by atoms with Crippen LogP contribution in [0.2, 0.25) is 0 Å². The summed E-state index contributed by atoms with van der Waals surface area (Å²) in [6.45, 7) is 4.71. The van der Waals surface area contributed by atoms with Crippen LogP contribution in [0.1, 0.15) is 19.5 Å². The first-order valence-electron chi connectivity index (χ1n) is 5.09. The van der Waals surface area contributed by atoms with Gasteiger partial charge >= 0.3 is 6.09 Å². The second-order valence-corrected chi connectivity index (χ2v) is 4.46. The molecule has 0 saturated carbocycles. The van der Waals surface area contributed by atoms with E-state index in [1.165, 1.54) is 0 Å². The van der Waals surface area contributed by atoms with Gasteiger partial charge in [-0.2, -0.15) is 0 Å². The fourth-order valence-electron chi connectivity index (χ4n) is 1.43. The molecule has 0 aromatic carbocycles. The molecular formula is C9H15N5O2. The molecule has 7 nitrogen and oxygen atoms in total. The van der Waals surface area contributed by atoms with Gasteiger partial charge in [0.1, 0.15) is 11.8 Å². The van der Waals surface area contributed by atoms with E-state index in [4.69, 9.17) is 10.5 Å². The molecule has 0 spiro atoms. The Morgan fingerprint density at radius 3 is 3.00 bits per heavy atom. The van der Waals surface area contributed by atoms with Gasteiger partial charge in [0, 0.05) is 0 Å². The number of nitrogens with zero attached hydrogens (tertiary/aromatic N) is 3. The zero-order valence-electron chi connectivity index (χ0n) is 9.30. The van der Waals surface area contributed by atoms with Crippen LogP contribution in [0.3, 0.4) is 0 Å². The van der Waals surface area contributed by atoms with Crippen molar-refractivity contribution in [1.82, 2.24) is 20.3 Å². The van der Waals surface area contributed by atoms with Crippen LogP contribution in [0.25, 0.3) is 0 Å². The molecule has 88 valence electrons. The number of carbonyl (C=O) groups is 1. The Hall–Kier alpha value is -1.63. The van der Waals surface area contributed by atoms with Crippen molar-refractivity contribution in [2.24, 2.45) is 5.73 Å². The monoisotopic (exact) mass is 225 g/mol. The maximum absolute atomic E-state index is 10.8. The number of rotatable bonds is 3. The van der Waals surface area contributed by atoms with E-state index in [9.17, 15) is 4.79 Å². The summed E-state index contributed by atoms with van der Waals surface area (Å²) in [5.41, 5.74) is 6.09. The van der Waals surface area contributed by atoms with Gasteiger partial charge in [-0.3, -0.25) is 0 Å². The van der Waals surface area contributed by atoms with E-state index in [0.717, 1.165) is 0 Å². The summed E-state index contributed by atoms with van der Waals surface area (Å²) in [4.78, 5) is 10.8. The van der Waals surface area contributed by atoms with Gasteiger partial charge in [0.25, 0.3) is 0 Å². The van der Waals surface area contributed by atoms with E-state index in [1.54, 1.807) is 10.9 Å². The van der Waals surface area contributed by atoms with Crippen molar-refractivity contribution in [3.8, 4) is 0 Å². The lowest BCUT2D eigenvalue weighted by Crippen LogP contribution is -2.29. The van der Waals surface area contributed by atoms with Gasteiger partial charge in [-0.15, -0.1) is 5.10 Å². The third-order valence-electron chi connectivity index (χ3n) is 2.34. The summed E-state index contributed by atoms with van der Waals surface area (Å²) in [6.07, 6.45) is 1.19. The third-order valence-corrected chi connectivity index (χ3v) is 2.34. The van der Waals surface area contributed by atoms with Crippen LogP contribution >= 0.6 is 0 Å². The molecular weight excluding hydrogens is 210 g/mol. The first-order valence-corrected chi connectivity index (χ1v) is 5.09. The highest BCUT2D eigenvalue weighted by molar-refractivity contribution is 5.69. The standard InChI is InChI=1S/C9H15N5O2/c1-9(2,10)7-5-14(13-12-7)4-6-3-11-8(15)16-6/h5-6H,3-4,10H2,1-2H3,(H,11,15). The van der Waals surface area contributed by atoms with Crippen molar-refractivity contribution < 1.29 is 9.53 Å². The first kappa shape index (κ1) is 10.9. The quantitative estimate of drug-likeness (QED) is 0.728. The zero-order chi connectivity index (χ0) is 11.8. The highest BCUT2D eigenvalue weighted by Gasteiger charge is 2.24. The summed E-state index contributed by atoms with van der Waals surface area (Å²) < 4.78 is 6.62. The fraction of sp³-hybridized carbons (Fsp3) is 0.667. The van der Waals surface area contributed by atoms with E-state index in [1.807, 2.05) is 13.8 Å². The molecule has 1 unspecified atom stereocenters. The van der Waals surface area contributed by atoms with Crippen LogP contribution in [0.5, 0.6) is 0 Å². The van der Waals surface area contributed by atoms with Crippen LogP contribution in [0.15, 0.2) is 6.20 Å².